The van der Waals surface area contributed by atoms with Gasteiger partial charge in [-0.1, -0.05) is 13.8 Å². The number of urea groups is 1. The predicted octanol–water partition coefficient (Wildman–Crippen LogP) is 2.42. The molecule has 1 N–H and O–H groups in total. The van der Waals surface area contributed by atoms with Crippen LogP contribution in [0.25, 0.3) is 0 Å². The molecule has 140 valence electrons. The molecule has 1 aliphatic rings. The predicted molar refractivity (Wildman–Crippen MR) is 103 cm³/mol. The molecule has 25 heavy (non-hydrogen) atoms. The Bertz CT molecular complexity index is 498. The lowest BCUT2D eigenvalue weighted by molar-refractivity contribution is 0.189. The number of hydrogen-bond donors (Lipinski definition) is 1. The molecule has 1 aromatic heterocycles. The van der Waals surface area contributed by atoms with Gasteiger partial charge in [0.15, 0.2) is 0 Å². The van der Waals surface area contributed by atoms with Gasteiger partial charge in [0.05, 0.1) is 11.9 Å². The Balaban J connectivity index is 1.68. The zero-order chi connectivity index (χ0) is 18.1. The van der Waals surface area contributed by atoms with E-state index in [9.17, 15) is 4.79 Å². The van der Waals surface area contributed by atoms with Crippen LogP contribution < -0.4 is 10.2 Å². The summed E-state index contributed by atoms with van der Waals surface area (Å²) < 4.78 is 0. The van der Waals surface area contributed by atoms with Crippen molar-refractivity contribution in [1.82, 2.24) is 20.1 Å². The Kier molecular flexibility index (Phi) is 7.98. The largest absolute Gasteiger partial charge is 0.367 e. The quantitative estimate of drug-likeness (QED) is 0.785. The third-order valence-corrected chi connectivity index (χ3v) is 4.95. The number of nitrogens with one attached hydrogen (secondary N) is 1. The number of piperazine rings is 1. The molecule has 2 rings (SSSR count). The molecule has 2 heterocycles. The molecular formula is C19H33N5O. The van der Waals surface area contributed by atoms with Crippen LogP contribution >= 0.6 is 0 Å². The average molecular weight is 348 g/mol. The van der Waals surface area contributed by atoms with Crippen LogP contribution in [0.1, 0.15) is 33.6 Å². The number of aromatic nitrogens is 1. The Morgan fingerprint density at radius 2 is 2.00 bits per heavy atom. The fourth-order valence-corrected chi connectivity index (χ4v) is 3.24. The number of hydrogen-bond acceptors (Lipinski definition) is 4. The first-order chi connectivity index (χ1) is 12.1. The van der Waals surface area contributed by atoms with E-state index in [2.05, 4.69) is 46.9 Å². The molecule has 1 atom stereocenters. The average Bonchev–Trinajstić information content (AvgIpc) is 2.66. The van der Waals surface area contributed by atoms with E-state index in [1.807, 2.05) is 17.2 Å². The van der Waals surface area contributed by atoms with Crippen LogP contribution in [0, 0.1) is 0 Å². The Morgan fingerprint density at radius 1 is 1.28 bits per heavy atom. The van der Waals surface area contributed by atoms with E-state index in [0.717, 1.165) is 64.3 Å². The molecule has 0 bridgehead atoms. The Labute approximate surface area is 152 Å². The van der Waals surface area contributed by atoms with E-state index in [1.165, 1.54) is 0 Å². The molecule has 2 amide bonds. The van der Waals surface area contributed by atoms with Gasteiger partial charge in [0.25, 0.3) is 0 Å². The number of pyridine rings is 1. The van der Waals surface area contributed by atoms with E-state index in [4.69, 9.17) is 0 Å². The first kappa shape index (κ1) is 19.5. The molecule has 6 nitrogen and oxygen atoms in total. The lowest BCUT2D eigenvalue weighted by Gasteiger charge is -2.36. The van der Waals surface area contributed by atoms with Crippen molar-refractivity contribution in [3.8, 4) is 0 Å². The summed E-state index contributed by atoms with van der Waals surface area (Å²) in [4.78, 5) is 23.2. The summed E-state index contributed by atoms with van der Waals surface area (Å²) in [6.07, 6.45) is 5.82. The van der Waals surface area contributed by atoms with Crippen molar-refractivity contribution in [2.45, 2.75) is 39.7 Å². The highest BCUT2D eigenvalue weighted by Gasteiger charge is 2.22. The molecule has 0 aliphatic carbocycles. The maximum absolute atomic E-state index is 12.4. The van der Waals surface area contributed by atoms with Crippen molar-refractivity contribution in [3.05, 3.63) is 24.5 Å². The molecule has 0 saturated carbocycles. The maximum atomic E-state index is 12.4. The Morgan fingerprint density at radius 3 is 2.60 bits per heavy atom. The molecule has 1 aliphatic heterocycles. The minimum Gasteiger partial charge on any atom is -0.367 e. The monoisotopic (exact) mass is 347 g/mol. The third-order valence-electron chi connectivity index (χ3n) is 4.95. The van der Waals surface area contributed by atoms with E-state index in [0.29, 0.717) is 0 Å². The van der Waals surface area contributed by atoms with Crippen molar-refractivity contribution in [1.29, 1.82) is 0 Å². The van der Waals surface area contributed by atoms with Gasteiger partial charge in [0, 0.05) is 38.4 Å². The smallest absolute Gasteiger partial charge is 0.317 e. The van der Waals surface area contributed by atoms with Gasteiger partial charge in [-0.25, -0.2) is 4.79 Å². The lowest BCUT2D eigenvalue weighted by Crippen LogP contribution is -2.53. The summed E-state index contributed by atoms with van der Waals surface area (Å²) in [5.41, 5.74) is 1.13. The second kappa shape index (κ2) is 10.2. The van der Waals surface area contributed by atoms with E-state index in [-0.39, 0.29) is 12.1 Å². The summed E-state index contributed by atoms with van der Waals surface area (Å²) in [7, 11) is 0. The number of nitrogens with zero attached hydrogens (tertiary/aromatic N) is 4. The summed E-state index contributed by atoms with van der Waals surface area (Å²) in [6.45, 7) is 13.0. The first-order valence-corrected chi connectivity index (χ1v) is 9.56. The van der Waals surface area contributed by atoms with Crippen molar-refractivity contribution < 1.29 is 4.79 Å². The first-order valence-electron chi connectivity index (χ1n) is 9.56. The fourth-order valence-electron chi connectivity index (χ4n) is 3.24. The Hall–Kier alpha value is -1.82. The van der Waals surface area contributed by atoms with E-state index < -0.39 is 0 Å². The van der Waals surface area contributed by atoms with Crippen LogP contribution in [0.2, 0.25) is 0 Å². The number of carbonyl (C=O) groups excluding carboxylic acids is 1. The van der Waals surface area contributed by atoms with Crippen molar-refractivity contribution in [3.63, 3.8) is 0 Å². The van der Waals surface area contributed by atoms with Crippen LogP contribution in [0.3, 0.4) is 0 Å². The van der Waals surface area contributed by atoms with Gasteiger partial charge < -0.3 is 20.0 Å². The van der Waals surface area contributed by atoms with Crippen LogP contribution in [0.5, 0.6) is 0 Å². The van der Waals surface area contributed by atoms with Gasteiger partial charge in [0.2, 0.25) is 0 Å². The SMILES string of the molecule is CCN(CC)CCCC(C)NC(=O)N1CCN(c2cccnc2)CC1. The highest BCUT2D eigenvalue weighted by molar-refractivity contribution is 5.74. The highest BCUT2D eigenvalue weighted by Crippen LogP contribution is 2.14. The number of amides is 2. The van der Waals surface area contributed by atoms with Crippen molar-refractivity contribution in [2.75, 3.05) is 50.7 Å². The van der Waals surface area contributed by atoms with Gasteiger partial charge in [-0.15, -0.1) is 0 Å². The van der Waals surface area contributed by atoms with Gasteiger partial charge in [-0.05, 0) is 51.5 Å². The summed E-state index contributed by atoms with van der Waals surface area (Å²) in [5.74, 6) is 0. The molecule has 1 aromatic rings. The molecule has 1 fully saturated rings. The minimum absolute atomic E-state index is 0.0705. The standard InChI is InChI=1S/C19H33N5O/c1-4-22(5-2)11-7-8-17(3)21-19(25)24-14-12-23(13-15-24)18-9-6-10-20-16-18/h6,9-10,16-17H,4-5,7-8,11-15H2,1-3H3,(H,21,25). The van der Waals surface area contributed by atoms with Gasteiger partial charge in [0.1, 0.15) is 0 Å². The topological polar surface area (TPSA) is 51.7 Å². The molecule has 1 unspecified atom stereocenters. The third kappa shape index (κ3) is 6.20. The second-order valence-electron chi connectivity index (χ2n) is 6.70. The fraction of sp³-hybridized carbons (Fsp3) is 0.684. The number of carbonyl (C=O) groups is 1. The second-order valence-corrected chi connectivity index (χ2v) is 6.70. The molecule has 0 radical (unpaired) electrons. The van der Waals surface area contributed by atoms with Crippen molar-refractivity contribution >= 4 is 11.7 Å². The number of anilines is 1. The van der Waals surface area contributed by atoms with E-state index >= 15 is 0 Å². The van der Waals surface area contributed by atoms with Crippen LogP contribution in [0.4, 0.5) is 10.5 Å². The molecular weight excluding hydrogens is 314 g/mol. The summed E-state index contributed by atoms with van der Waals surface area (Å²) in [6, 6.07) is 4.32. The van der Waals surface area contributed by atoms with Gasteiger partial charge >= 0.3 is 6.03 Å². The van der Waals surface area contributed by atoms with Crippen LogP contribution in [-0.4, -0.2) is 72.7 Å². The maximum Gasteiger partial charge on any atom is 0.317 e. The zero-order valence-corrected chi connectivity index (χ0v) is 15.9. The van der Waals surface area contributed by atoms with E-state index in [1.54, 1.807) is 6.20 Å². The summed E-state index contributed by atoms with van der Waals surface area (Å²) in [5, 5.41) is 3.15. The van der Waals surface area contributed by atoms with Crippen LogP contribution in [0.15, 0.2) is 24.5 Å². The van der Waals surface area contributed by atoms with Gasteiger partial charge in [-0.3, -0.25) is 4.98 Å². The zero-order valence-electron chi connectivity index (χ0n) is 15.9. The highest BCUT2D eigenvalue weighted by atomic mass is 16.2. The van der Waals surface area contributed by atoms with Crippen molar-refractivity contribution in [2.24, 2.45) is 0 Å². The molecule has 1 saturated heterocycles. The molecule has 6 heteroatoms. The lowest BCUT2D eigenvalue weighted by atomic mass is 10.2. The molecule has 0 aromatic carbocycles. The van der Waals surface area contributed by atoms with Crippen LogP contribution in [-0.2, 0) is 0 Å². The number of rotatable bonds is 8. The normalized spacial score (nSPS) is 16.2. The summed E-state index contributed by atoms with van der Waals surface area (Å²) >= 11 is 0. The van der Waals surface area contributed by atoms with Gasteiger partial charge in [-0.2, -0.15) is 0 Å². The minimum atomic E-state index is 0.0705. The molecule has 0 spiro atoms.